The fraction of sp³-hybridized carbons (Fsp3) is 0.400. The fourth-order valence-corrected chi connectivity index (χ4v) is 2.60. The van der Waals surface area contributed by atoms with Crippen LogP contribution < -0.4 is 5.32 Å². The van der Waals surface area contributed by atoms with Crippen molar-refractivity contribution in [2.45, 2.75) is 19.8 Å². The van der Waals surface area contributed by atoms with Crippen LogP contribution in [0, 0.1) is 6.92 Å². The largest absolute Gasteiger partial charge is 0.354 e. The Balaban J connectivity index is 1.74. The van der Waals surface area contributed by atoms with Crippen LogP contribution in [0.25, 0.3) is 11.0 Å². The fourth-order valence-electron chi connectivity index (χ4n) is 2.60. The number of carbonyl (C=O) groups excluding carboxylic acids is 2. The molecule has 110 valence electrons. The summed E-state index contributed by atoms with van der Waals surface area (Å²) in [6.07, 6.45) is 1.11. The van der Waals surface area contributed by atoms with Gasteiger partial charge in [0.2, 0.25) is 11.8 Å². The molecule has 0 spiro atoms. The number of nitrogens with zero attached hydrogens (tertiary/aromatic N) is 2. The lowest BCUT2D eigenvalue weighted by Crippen LogP contribution is -2.38. The molecule has 1 aromatic carbocycles. The molecule has 0 atom stereocenters. The Morgan fingerprint density at radius 3 is 3.14 bits per heavy atom. The van der Waals surface area contributed by atoms with Crippen LogP contribution in [-0.2, 0) is 16.0 Å². The van der Waals surface area contributed by atoms with Crippen LogP contribution in [0.3, 0.4) is 0 Å². The summed E-state index contributed by atoms with van der Waals surface area (Å²) < 4.78 is 0. The van der Waals surface area contributed by atoms with Crippen molar-refractivity contribution < 1.29 is 9.59 Å². The van der Waals surface area contributed by atoms with Crippen molar-refractivity contribution >= 4 is 22.8 Å². The highest BCUT2D eigenvalue weighted by atomic mass is 16.2. The number of hydrogen-bond acceptors (Lipinski definition) is 3. The smallest absolute Gasteiger partial charge is 0.239 e. The lowest BCUT2D eigenvalue weighted by Gasteiger charge is -2.18. The minimum atomic E-state index is -0.0829. The molecule has 1 fully saturated rings. The molecule has 2 heterocycles. The zero-order valence-electron chi connectivity index (χ0n) is 12.0. The molecule has 21 heavy (non-hydrogen) atoms. The maximum Gasteiger partial charge on any atom is 0.239 e. The SMILES string of the molecule is Cc1nc2ccc(CC(=O)N3CCCNC(=O)C3)cc2[nH]1. The van der Waals surface area contributed by atoms with Gasteiger partial charge in [-0.15, -0.1) is 0 Å². The normalized spacial score (nSPS) is 15.9. The van der Waals surface area contributed by atoms with E-state index in [1.807, 2.05) is 25.1 Å². The Labute approximate surface area is 122 Å². The lowest BCUT2D eigenvalue weighted by molar-refractivity contribution is -0.134. The van der Waals surface area contributed by atoms with Crippen LogP contribution in [0.15, 0.2) is 18.2 Å². The number of aromatic nitrogens is 2. The molecular weight excluding hydrogens is 268 g/mol. The van der Waals surface area contributed by atoms with E-state index in [9.17, 15) is 9.59 Å². The van der Waals surface area contributed by atoms with Crippen LogP contribution in [-0.4, -0.2) is 46.3 Å². The highest BCUT2D eigenvalue weighted by molar-refractivity contribution is 5.87. The van der Waals surface area contributed by atoms with E-state index in [0.717, 1.165) is 28.8 Å². The summed E-state index contributed by atoms with van der Waals surface area (Å²) in [5.74, 6) is 0.765. The molecule has 1 aliphatic rings. The summed E-state index contributed by atoms with van der Waals surface area (Å²) >= 11 is 0. The number of benzene rings is 1. The van der Waals surface area contributed by atoms with E-state index < -0.39 is 0 Å². The molecule has 2 N–H and O–H groups in total. The highest BCUT2D eigenvalue weighted by Crippen LogP contribution is 2.14. The minimum Gasteiger partial charge on any atom is -0.354 e. The van der Waals surface area contributed by atoms with Crippen molar-refractivity contribution in [1.82, 2.24) is 20.2 Å². The van der Waals surface area contributed by atoms with E-state index in [4.69, 9.17) is 0 Å². The number of aryl methyl sites for hydroxylation is 1. The van der Waals surface area contributed by atoms with Gasteiger partial charge in [-0.1, -0.05) is 6.07 Å². The van der Waals surface area contributed by atoms with Gasteiger partial charge in [-0.2, -0.15) is 0 Å². The number of aromatic amines is 1. The molecule has 0 radical (unpaired) electrons. The summed E-state index contributed by atoms with van der Waals surface area (Å²) in [6, 6.07) is 5.78. The molecule has 1 aliphatic heterocycles. The van der Waals surface area contributed by atoms with Crippen LogP contribution in [0.5, 0.6) is 0 Å². The van der Waals surface area contributed by atoms with Crippen LogP contribution >= 0.6 is 0 Å². The second-order valence-corrected chi connectivity index (χ2v) is 5.37. The first kappa shape index (κ1) is 13.6. The Hall–Kier alpha value is -2.37. The molecule has 0 bridgehead atoms. The first-order valence-electron chi connectivity index (χ1n) is 7.11. The predicted molar refractivity (Wildman–Crippen MR) is 78.7 cm³/mol. The van der Waals surface area contributed by atoms with Crippen molar-refractivity contribution in [2.24, 2.45) is 0 Å². The Bertz CT molecular complexity index is 692. The van der Waals surface area contributed by atoms with Gasteiger partial charge in [-0.25, -0.2) is 4.98 Å². The third-order valence-corrected chi connectivity index (χ3v) is 3.63. The van der Waals surface area contributed by atoms with E-state index in [-0.39, 0.29) is 18.4 Å². The molecule has 6 heteroatoms. The number of amides is 2. The van der Waals surface area contributed by atoms with Gasteiger partial charge in [0.15, 0.2) is 0 Å². The molecule has 3 rings (SSSR count). The molecule has 1 saturated heterocycles. The van der Waals surface area contributed by atoms with Crippen LogP contribution in [0.4, 0.5) is 0 Å². The average Bonchev–Trinajstić information content (AvgIpc) is 2.66. The lowest BCUT2D eigenvalue weighted by atomic mass is 10.1. The van der Waals surface area contributed by atoms with Gasteiger partial charge < -0.3 is 15.2 Å². The van der Waals surface area contributed by atoms with Gasteiger partial charge in [-0.05, 0) is 31.0 Å². The summed E-state index contributed by atoms with van der Waals surface area (Å²) in [4.78, 5) is 33.0. The maximum atomic E-state index is 12.3. The van der Waals surface area contributed by atoms with E-state index in [0.29, 0.717) is 19.5 Å². The van der Waals surface area contributed by atoms with Gasteiger partial charge in [-0.3, -0.25) is 9.59 Å². The molecule has 1 aromatic heterocycles. The van der Waals surface area contributed by atoms with Crippen LogP contribution in [0.2, 0.25) is 0 Å². The van der Waals surface area contributed by atoms with Crippen molar-refractivity contribution in [3.63, 3.8) is 0 Å². The van der Waals surface area contributed by atoms with Crippen molar-refractivity contribution in [2.75, 3.05) is 19.6 Å². The summed E-state index contributed by atoms with van der Waals surface area (Å²) in [5, 5.41) is 2.77. The van der Waals surface area contributed by atoms with Crippen LogP contribution in [0.1, 0.15) is 17.8 Å². The van der Waals surface area contributed by atoms with E-state index in [2.05, 4.69) is 15.3 Å². The number of nitrogens with one attached hydrogen (secondary N) is 2. The second-order valence-electron chi connectivity index (χ2n) is 5.37. The topological polar surface area (TPSA) is 78.1 Å². The number of imidazole rings is 1. The van der Waals surface area contributed by atoms with Gasteiger partial charge in [0, 0.05) is 13.1 Å². The predicted octanol–water partition coefficient (Wildman–Crippen LogP) is 0.762. The van der Waals surface area contributed by atoms with E-state index in [1.54, 1.807) is 4.90 Å². The number of hydrogen-bond donors (Lipinski definition) is 2. The Morgan fingerprint density at radius 2 is 2.29 bits per heavy atom. The minimum absolute atomic E-state index is 0.0114. The van der Waals surface area contributed by atoms with E-state index >= 15 is 0 Å². The van der Waals surface area contributed by atoms with Gasteiger partial charge >= 0.3 is 0 Å². The maximum absolute atomic E-state index is 12.3. The highest BCUT2D eigenvalue weighted by Gasteiger charge is 2.19. The first-order valence-corrected chi connectivity index (χ1v) is 7.11. The molecule has 0 unspecified atom stereocenters. The quantitative estimate of drug-likeness (QED) is 0.855. The number of fused-ring (bicyclic) bond motifs is 1. The van der Waals surface area contributed by atoms with Gasteiger partial charge in [0.25, 0.3) is 0 Å². The third kappa shape index (κ3) is 3.04. The first-order chi connectivity index (χ1) is 10.1. The molecule has 2 aromatic rings. The second kappa shape index (κ2) is 5.55. The number of carbonyl (C=O) groups is 2. The number of H-pyrrole nitrogens is 1. The standard InChI is InChI=1S/C15H18N4O2/c1-10-17-12-4-3-11(7-13(12)18-10)8-15(21)19-6-2-5-16-14(20)9-19/h3-4,7H,2,5-6,8-9H2,1H3,(H,16,20)(H,17,18). The van der Waals surface area contributed by atoms with Crippen molar-refractivity contribution in [1.29, 1.82) is 0 Å². The molecule has 6 nitrogen and oxygen atoms in total. The molecular formula is C15H18N4O2. The van der Waals surface area contributed by atoms with Gasteiger partial charge in [0.1, 0.15) is 5.82 Å². The zero-order valence-corrected chi connectivity index (χ0v) is 12.0. The monoisotopic (exact) mass is 286 g/mol. The Morgan fingerprint density at radius 1 is 1.43 bits per heavy atom. The van der Waals surface area contributed by atoms with Crippen molar-refractivity contribution in [3.05, 3.63) is 29.6 Å². The third-order valence-electron chi connectivity index (χ3n) is 3.63. The molecule has 0 aliphatic carbocycles. The number of rotatable bonds is 2. The summed E-state index contributed by atoms with van der Waals surface area (Å²) in [6.45, 7) is 3.33. The molecule has 0 saturated carbocycles. The molecule has 2 amide bonds. The average molecular weight is 286 g/mol. The summed E-state index contributed by atoms with van der Waals surface area (Å²) in [5.41, 5.74) is 2.77. The van der Waals surface area contributed by atoms with E-state index in [1.165, 1.54) is 0 Å². The van der Waals surface area contributed by atoms with Gasteiger partial charge in [0.05, 0.1) is 24.0 Å². The zero-order chi connectivity index (χ0) is 14.8. The Kier molecular flexibility index (Phi) is 3.60. The van der Waals surface area contributed by atoms with Crippen molar-refractivity contribution in [3.8, 4) is 0 Å². The summed E-state index contributed by atoms with van der Waals surface area (Å²) in [7, 11) is 0.